The number of anilines is 2. The Morgan fingerprint density at radius 1 is 1.39 bits per heavy atom. The number of hydrogen-bond acceptors (Lipinski definition) is 5. The summed E-state index contributed by atoms with van der Waals surface area (Å²) in [6.45, 7) is 3.14. The van der Waals surface area contributed by atoms with Crippen molar-refractivity contribution in [3.63, 3.8) is 0 Å². The van der Waals surface area contributed by atoms with E-state index in [2.05, 4.69) is 27.5 Å². The van der Waals surface area contributed by atoms with Crippen LogP contribution in [0.4, 0.5) is 11.8 Å². The zero-order valence-electron chi connectivity index (χ0n) is 10.9. The molecule has 0 spiro atoms. The zero-order chi connectivity index (χ0) is 12.8. The first-order valence-corrected chi connectivity index (χ1v) is 6.74. The van der Waals surface area contributed by atoms with Crippen molar-refractivity contribution in [2.24, 2.45) is 0 Å². The lowest BCUT2D eigenvalue weighted by molar-refractivity contribution is 0.214. The van der Waals surface area contributed by atoms with Crippen molar-refractivity contribution < 1.29 is 5.11 Å². The third-order valence-corrected chi connectivity index (χ3v) is 3.45. The van der Waals surface area contributed by atoms with Crippen molar-refractivity contribution in [2.75, 3.05) is 23.8 Å². The topological polar surface area (TPSA) is 70.1 Å². The summed E-state index contributed by atoms with van der Waals surface area (Å²) < 4.78 is 0. The minimum Gasteiger partial charge on any atom is -0.394 e. The molecule has 2 rings (SSSR count). The Balaban J connectivity index is 2.04. The average molecular weight is 250 g/mol. The van der Waals surface area contributed by atoms with Crippen LogP contribution in [0.2, 0.25) is 0 Å². The maximum absolute atomic E-state index is 9.57. The lowest BCUT2D eigenvalue weighted by Crippen LogP contribution is -2.39. The van der Waals surface area contributed by atoms with Gasteiger partial charge in [0.1, 0.15) is 5.82 Å². The molecule has 1 aliphatic rings. The van der Waals surface area contributed by atoms with E-state index in [-0.39, 0.29) is 12.1 Å². The van der Waals surface area contributed by atoms with Crippen LogP contribution in [0.3, 0.4) is 0 Å². The van der Waals surface area contributed by atoms with Gasteiger partial charge >= 0.3 is 0 Å². The minimum atomic E-state index is -0.184. The number of nitrogens with one attached hydrogen (secondary N) is 2. The summed E-state index contributed by atoms with van der Waals surface area (Å²) in [4.78, 5) is 8.60. The van der Waals surface area contributed by atoms with Gasteiger partial charge in [-0.1, -0.05) is 19.8 Å². The second-order valence-electron chi connectivity index (χ2n) is 4.96. The first kappa shape index (κ1) is 13.1. The Bertz CT molecular complexity index is 377. The fourth-order valence-corrected chi connectivity index (χ4v) is 2.40. The third-order valence-electron chi connectivity index (χ3n) is 3.45. The Hall–Kier alpha value is -1.36. The molecule has 0 aliphatic heterocycles. The molecule has 1 heterocycles. The van der Waals surface area contributed by atoms with Crippen LogP contribution in [0.25, 0.3) is 0 Å². The first-order valence-electron chi connectivity index (χ1n) is 6.74. The smallest absolute Gasteiger partial charge is 0.224 e. The second kappa shape index (κ2) is 6.00. The van der Waals surface area contributed by atoms with E-state index in [1.165, 1.54) is 12.8 Å². The van der Waals surface area contributed by atoms with E-state index in [0.717, 1.165) is 31.6 Å². The minimum absolute atomic E-state index is 0.161. The molecule has 1 saturated carbocycles. The fraction of sp³-hybridized carbons (Fsp3) is 0.692. The number of aliphatic hydroxyl groups excluding tert-OH is 1. The molecule has 100 valence electrons. The summed E-state index contributed by atoms with van der Waals surface area (Å²) >= 11 is 0. The Morgan fingerprint density at radius 3 is 2.83 bits per heavy atom. The normalized spacial score (nSPS) is 17.7. The maximum Gasteiger partial charge on any atom is 0.224 e. The van der Waals surface area contributed by atoms with Gasteiger partial charge in [-0.15, -0.1) is 0 Å². The van der Waals surface area contributed by atoms with Crippen molar-refractivity contribution in [3.05, 3.63) is 12.3 Å². The van der Waals surface area contributed by atoms with E-state index >= 15 is 0 Å². The van der Waals surface area contributed by atoms with Crippen LogP contribution in [-0.4, -0.2) is 33.8 Å². The number of aliphatic hydroxyl groups is 1. The standard InChI is InChI=1S/C13H22N4O/c1-2-8-14-12-15-9-5-11(16-12)17-13(10-18)6-3-4-7-13/h5,9,18H,2-4,6-8,10H2,1H3,(H2,14,15,16,17). The van der Waals surface area contributed by atoms with E-state index in [1.807, 2.05) is 6.07 Å². The van der Waals surface area contributed by atoms with Crippen LogP contribution in [-0.2, 0) is 0 Å². The van der Waals surface area contributed by atoms with Gasteiger partial charge < -0.3 is 15.7 Å². The van der Waals surface area contributed by atoms with Crippen molar-refractivity contribution in [2.45, 2.75) is 44.6 Å². The lowest BCUT2D eigenvalue weighted by Gasteiger charge is -2.28. The van der Waals surface area contributed by atoms with Crippen molar-refractivity contribution in [3.8, 4) is 0 Å². The molecule has 1 aromatic rings. The van der Waals surface area contributed by atoms with Gasteiger partial charge in [-0.3, -0.25) is 0 Å². The van der Waals surface area contributed by atoms with E-state index < -0.39 is 0 Å². The van der Waals surface area contributed by atoms with Crippen LogP contribution in [0.5, 0.6) is 0 Å². The van der Waals surface area contributed by atoms with Crippen molar-refractivity contribution in [1.82, 2.24) is 9.97 Å². The molecule has 0 bridgehead atoms. The molecule has 0 radical (unpaired) electrons. The van der Waals surface area contributed by atoms with Gasteiger partial charge in [-0.2, -0.15) is 4.98 Å². The molecule has 3 N–H and O–H groups in total. The molecular weight excluding hydrogens is 228 g/mol. The van der Waals surface area contributed by atoms with Gasteiger partial charge in [-0.25, -0.2) is 4.98 Å². The van der Waals surface area contributed by atoms with Gasteiger partial charge in [0.15, 0.2) is 0 Å². The van der Waals surface area contributed by atoms with E-state index in [0.29, 0.717) is 5.95 Å². The summed E-state index contributed by atoms with van der Waals surface area (Å²) in [5.41, 5.74) is -0.184. The summed E-state index contributed by atoms with van der Waals surface area (Å²) in [6, 6.07) is 1.85. The number of hydrogen-bond donors (Lipinski definition) is 3. The Labute approximate surface area is 108 Å². The van der Waals surface area contributed by atoms with Crippen LogP contribution in [0.1, 0.15) is 39.0 Å². The van der Waals surface area contributed by atoms with E-state index in [1.54, 1.807) is 6.20 Å². The molecule has 0 amide bonds. The quantitative estimate of drug-likeness (QED) is 0.720. The van der Waals surface area contributed by atoms with Gasteiger partial charge in [0, 0.05) is 12.7 Å². The third kappa shape index (κ3) is 3.10. The molecule has 1 aliphatic carbocycles. The van der Waals surface area contributed by atoms with E-state index in [9.17, 15) is 5.11 Å². The highest BCUT2D eigenvalue weighted by atomic mass is 16.3. The first-order chi connectivity index (χ1) is 8.78. The Morgan fingerprint density at radius 2 is 2.17 bits per heavy atom. The predicted octanol–water partition coefficient (Wildman–Crippen LogP) is 2.02. The highest BCUT2D eigenvalue weighted by Gasteiger charge is 2.33. The molecule has 1 fully saturated rings. The van der Waals surface area contributed by atoms with E-state index in [4.69, 9.17) is 0 Å². The molecule has 0 atom stereocenters. The Kier molecular flexibility index (Phi) is 4.36. The summed E-state index contributed by atoms with van der Waals surface area (Å²) in [5.74, 6) is 1.44. The zero-order valence-corrected chi connectivity index (χ0v) is 10.9. The van der Waals surface area contributed by atoms with Gasteiger partial charge in [0.2, 0.25) is 5.95 Å². The van der Waals surface area contributed by atoms with Crippen LogP contribution < -0.4 is 10.6 Å². The molecule has 18 heavy (non-hydrogen) atoms. The molecule has 0 aromatic carbocycles. The van der Waals surface area contributed by atoms with Crippen LogP contribution in [0.15, 0.2) is 12.3 Å². The molecule has 0 unspecified atom stereocenters. The summed E-state index contributed by atoms with van der Waals surface area (Å²) in [6.07, 6.45) is 7.13. The fourth-order valence-electron chi connectivity index (χ4n) is 2.40. The number of rotatable bonds is 6. The lowest BCUT2D eigenvalue weighted by atomic mass is 9.99. The monoisotopic (exact) mass is 250 g/mol. The van der Waals surface area contributed by atoms with Gasteiger partial charge in [-0.05, 0) is 25.3 Å². The molecule has 0 saturated heterocycles. The predicted molar refractivity (Wildman–Crippen MR) is 72.7 cm³/mol. The largest absolute Gasteiger partial charge is 0.394 e. The molecule has 5 heteroatoms. The molecule has 1 aromatic heterocycles. The van der Waals surface area contributed by atoms with Crippen LogP contribution in [0, 0.1) is 0 Å². The second-order valence-corrected chi connectivity index (χ2v) is 4.96. The molecule has 5 nitrogen and oxygen atoms in total. The maximum atomic E-state index is 9.57. The highest BCUT2D eigenvalue weighted by Crippen LogP contribution is 2.32. The SMILES string of the molecule is CCCNc1nccc(NC2(CO)CCCC2)n1. The van der Waals surface area contributed by atoms with Gasteiger partial charge in [0.25, 0.3) is 0 Å². The highest BCUT2D eigenvalue weighted by molar-refractivity contribution is 5.42. The number of aromatic nitrogens is 2. The average Bonchev–Trinajstić information content (AvgIpc) is 2.86. The molecular formula is C13H22N4O. The van der Waals surface area contributed by atoms with Crippen LogP contribution >= 0.6 is 0 Å². The van der Waals surface area contributed by atoms with Crippen molar-refractivity contribution >= 4 is 11.8 Å². The van der Waals surface area contributed by atoms with Gasteiger partial charge in [0.05, 0.1) is 12.1 Å². The summed E-state index contributed by atoms with van der Waals surface area (Å²) in [7, 11) is 0. The van der Waals surface area contributed by atoms with Crippen molar-refractivity contribution in [1.29, 1.82) is 0 Å². The number of nitrogens with zero attached hydrogens (tertiary/aromatic N) is 2. The summed E-state index contributed by atoms with van der Waals surface area (Å²) in [5, 5.41) is 16.1.